The van der Waals surface area contributed by atoms with Crippen molar-refractivity contribution < 1.29 is 4.74 Å². The van der Waals surface area contributed by atoms with E-state index in [1.54, 1.807) is 0 Å². The molecule has 3 nitrogen and oxygen atoms in total. The van der Waals surface area contributed by atoms with Crippen LogP contribution in [0.2, 0.25) is 0 Å². The predicted molar refractivity (Wildman–Crippen MR) is 80.5 cm³/mol. The monoisotopic (exact) mass is 268 g/mol. The molecule has 1 atom stereocenters. The fourth-order valence-electron chi connectivity index (χ4n) is 2.97. The number of hydrogen-bond acceptors (Lipinski definition) is 3. The highest BCUT2D eigenvalue weighted by Gasteiger charge is 2.40. The van der Waals surface area contributed by atoms with E-state index in [4.69, 9.17) is 4.74 Å². The van der Waals surface area contributed by atoms with Crippen molar-refractivity contribution in [3.05, 3.63) is 0 Å². The molecule has 1 aliphatic heterocycles. The maximum atomic E-state index is 5.74. The van der Waals surface area contributed by atoms with Crippen LogP contribution in [0.5, 0.6) is 0 Å². The van der Waals surface area contributed by atoms with E-state index in [1.807, 2.05) is 0 Å². The third-order valence-corrected chi connectivity index (χ3v) is 4.29. The van der Waals surface area contributed by atoms with Crippen molar-refractivity contribution in [2.24, 2.45) is 5.41 Å². The Balaban J connectivity index is 1.93. The molecule has 0 radical (unpaired) electrons. The molecular weight excluding hydrogens is 236 g/mol. The average Bonchev–Trinajstić information content (AvgIpc) is 3.07. The van der Waals surface area contributed by atoms with Gasteiger partial charge in [-0.1, -0.05) is 6.92 Å². The van der Waals surface area contributed by atoms with Gasteiger partial charge in [0.15, 0.2) is 0 Å². The van der Waals surface area contributed by atoms with E-state index in [0.29, 0.717) is 5.41 Å². The Morgan fingerprint density at radius 2 is 2.05 bits per heavy atom. The molecule has 112 valence electrons. The van der Waals surface area contributed by atoms with Crippen molar-refractivity contribution in [3.8, 4) is 0 Å². The third-order valence-electron chi connectivity index (χ3n) is 4.29. The Hall–Kier alpha value is -0.120. The number of rotatable bonds is 7. The molecular formula is C16H32N2O. The van der Waals surface area contributed by atoms with Crippen LogP contribution in [0.15, 0.2) is 0 Å². The molecule has 1 saturated carbocycles. The number of hydrogen-bond donors (Lipinski definition) is 1. The van der Waals surface area contributed by atoms with Gasteiger partial charge in [-0.05, 0) is 53.0 Å². The van der Waals surface area contributed by atoms with E-state index in [0.717, 1.165) is 25.8 Å². The normalized spacial score (nSPS) is 28.3. The first-order valence-electron chi connectivity index (χ1n) is 8.01. The average molecular weight is 268 g/mol. The van der Waals surface area contributed by atoms with Gasteiger partial charge in [0.05, 0.1) is 6.61 Å². The Bertz CT molecular complexity index is 275. The lowest BCUT2D eigenvalue weighted by Gasteiger charge is -2.37. The van der Waals surface area contributed by atoms with Crippen molar-refractivity contribution in [2.75, 3.05) is 32.8 Å². The molecule has 0 amide bonds. The van der Waals surface area contributed by atoms with Gasteiger partial charge in [-0.2, -0.15) is 0 Å². The summed E-state index contributed by atoms with van der Waals surface area (Å²) in [5.41, 5.74) is 0.537. The SMILES string of the molecule is CCCN(CC1(CNC(C)(C)C)CCOC1)C1CC1. The van der Waals surface area contributed by atoms with E-state index >= 15 is 0 Å². The highest BCUT2D eigenvalue weighted by molar-refractivity contribution is 4.94. The van der Waals surface area contributed by atoms with Gasteiger partial charge in [0, 0.05) is 36.7 Å². The second kappa shape index (κ2) is 6.11. The van der Waals surface area contributed by atoms with Gasteiger partial charge < -0.3 is 10.1 Å². The van der Waals surface area contributed by atoms with Gasteiger partial charge in [-0.15, -0.1) is 0 Å². The molecule has 0 aromatic heterocycles. The van der Waals surface area contributed by atoms with Gasteiger partial charge in [-0.25, -0.2) is 0 Å². The topological polar surface area (TPSA) is 24.5 Å². The van der Waals surface area contributed by atoms with Crippen LogP contribution in [-0.2, 0) is 4.74 Å². The van der Waals surface area contributed by atoms with Crippen molar-refractivity contribution in [2.45, 2.75) is 65.0 Å². The van der Waals surface area contributed by atoms with Gasteiger partial charge in [0.2, 0.25) is 0 Å². The maximum Gasteiger partial charge on any atom is 0.0547 e. The summed E-state index contributed by atoms with van der Waals surface area (Å²) in [5.74, 6) is 0. The van der Waals surface area contributed by atoms with Crippen LogP contribution in [0.3, 0.4) is 0 Å². The van der Waals surface area contributed by atoms with Crippen molar-refractivity contribution in [1.82, 2.24) is 10.2 Å². The second-order valence-electron chi connectivity index (χ2n) is 7.61. The van der Waals surface area contributed by atoms with Gasteiger partial charge in [-0.3, -0.25) is 4.90 Å². The molecule has 2 rings (SSSR count). The van der Waals surface area contributed by atoms with Crippen molar-refractivity contribution >= 4 is 0 Å². The highest BCUT2D eigenvalue weighted by atomic mass is 16.5. The van der Waals surface area contributed by atoms with Crippen LogP contribution in [-0.4, -0.2) is 49.3 Å². The minimum atomic E-state index is 0.199. The number of nitrogens with one attached hydrogen (secondary N) is 1. The lowest BCUT2D eigenvalue weighted by molar-refractivity contribution is 0.0988. The lowest BCUT2D eigenvalue weighted by Crippen LogP contribution is -2.50. The van der Waals surface area contributed by atoms with E-state index in [2.05, 4.69) is 37.9 Å². The molecule has 19 heavy (non-hydrogen) atoms. The van der Waals surface area contributed by atoms with Crippen LogP contribution >= 0.6 is 0 Å². The van der Waals surface area contributed by atoms with E-state index in [1.165, 1.54) is 38.8 Å². The van der Waals surface area contributed by atoms with E-state index < -0.39 is 0 Å². The minimum Gasteiger partial charge on any atom is -0.381 e. The summed E-state index contributed by atoms with van der Waals surface area (Å²) in [5, 5.41) is 3.70. The molecule has 1 saturated heterocycles. The smallest absolute Gasteiger partial charge is 0.0547 e. The van der Waals surface area contributed by atoms with Crippen molar-refractivity contribution in [1.29, 1.82) is 0 Å². The Labute approximate surface area is 119 Å². The summed E-state index contributed by atoms with van der Waals surface area (Å²) in [6.45, 7) is 14.5. The van der Waals surface area contributed by atoms with Gasteiger partial charge in [0.25, 0.3) is 0 Å². The largest absolute Gasteiger partial charge is 0.381 e. The Kier molecular flexibility index (Phi) is 4.91. The highest BCUT2D eigenvalue weighted by Crippen LogP contribution is 2.35. The Morgan fingerprint density at radius 1 is 1.32 bits per heavy atom. The lowest BCUT2D eigenvalue weighted by atomic mass is 9.85. The predicted octanol–water partition coefficient (Wildman–Crippen LogP) is 2.66. The first-order chi connectivity index (χ1) is 8.94. The zero-order chi connectivity index (χ0) is 13.9. The summed E-state index contributed by atoms with van der Waals surface area (Å²) in [4.78, 5) is 2.72. The van der Waals surface area contributed by atoms with Crippen LogP contribution in [0.1, 0.15) is 53.4 Å². The molecule has 2 aliphatic rings. The zero-order valence-electron chi connectivity index (χ0n) is 13.3. The van der Waals surface area contributed by atoms with Gasteiger partial charge >= 0.3 is 0 Å². The first-order valence-corrected chi connectivity index (χ1v) is 8.01. The van der Waals surface area contributed by atoms with Crippen molar-refractivity contribution in [3.63, 3.8) is 0 Å². The molecule has 1 aliphatic carbocycles. The maximum absolute atomic E-state index is 5.74. The molecule has 0 bridgehead atoms. The van der Waals surface area contributed by atoms with Crippen LogP contribution in [0.4, 0.5) is 0 Å². The second-order valence-corrected chi connectivity index (χ2v) is 7.61. The van der Waals surface area contributed by atoms with Crippen LogP contribution < -0.4 is 5.32 Å². The summed E-state index contributed by atoms with van der Waals surface area (Å²) in [6.07, 6.45) is 5.29. The summed E-state index contributed by atoms with van der Waals surface area (Å²) in [7, 11) is 0. The molecule has 0 aromatic rings. The molecule has 0 spiro atoms. The van der Waals surface area contributed by atoms with Crippen LogP contribution in [0, 0.1) is 5.41 Å². The third kappa shape index (κ3) is 4.73. The van der Waals surface area contributed by atoms with Gasteiger partial charge in [0.1, 0.15) is 0 Å². The van der Waals surface area contributed by atoms with E-state index in [9.17, 15) is 0 Å². The summed E-state index contributed by atoms with van der Waals surface area (Å²) in [6, 6.07) is 0.868. The fraction of sp³-hybridized carbons (Fsp3) is 1.00. The minimum absolute atomic E-state index is 0.199. The summed E-state index contributed by atoms with van der Waals surface area (Å²) >= 11 is 0. The van der Waals surface area contributed by atoms with Crippen LogP contribution in [0.25, 0.3) is 0 Å². The summed E-state index contributed by atoms with van der Waals surface area (Å²) < 4.78 is 5.74. The molecule has 2 fully saturated rings. The molecule has 1 N–H and O–H groups in total. The number of ether oxygens (including phenoxy) is 1. The molecule has 3 heteroatoms. The number of nitrogens with zero attached hydrogens (tertiary/aromatic N) is 1. The first kappa shape index (κ1) is 15.3. The molecule has 0 aromatic carbocycles. The molecule has 1 unspecified atom stereocenters. The van der Waals surface area contributed by atoms with E-state index in [-0.39, 0.29) is 5.54 Å². The quantitative estimate of drug-likeness (QED) is 0.768. The molecule has 1 heterocycles. The zero-order valence-corrected chi connectivity index (χ0v) is 13.3. The Morgan fingerprint density at radius 3 is 2.53 bits per heavy atom. The fourth-order valence-corrected chi connectivity index (χ4v) is 2.97. The standard InChI is InChI=1S/C16H32N2O/c1-5-9-18(14-6-7-14)12-16(8-10-19-13-16)11-17-15(2,3)4/h14,17H,5-13H2,1-4H3.